The van der Waals surface area contributed by atoms with Gasteiger partial charge in [0, 0.05) is 12.4 Å². The quantitative estimate of drug-likeness (QED) is 0.386. The molecule has 0 saturated carbocycles. The first-order valence-corrected chi connectivity index (χ1v) is 8.92. The molecule has 6 nitrogen and oxygen atoms in total. The summed E-state index contributed by atoms with van der Waals surface area (Å²) in [4.78, 5) is 23.4. The van der Waals surface area contributed by atoms with Crippen LogP contribution in [0, 0.1) is 0 Å². The van der Waals surface area contributed by atoms with Crippen LogP contribution in [0.3, 0.4) is 0 Å². The molecule has 0 aromatic heterocycles. The number of carbonyl (C=O) groups excluding carboxylic acids is 2. The summed E-state index contributed by atoms with van der Waals surface area (Å²) in [6.45, 7) is 0. The van der Waals surface area contributed by atoms with Crippen LogP contribution in [-0.4, -0.2) is 24.2 Å². The molecule has 0 spiro atoms. The predicted octanol–water partition coefficient (Wildman–Crippen LogP) is 2.85. The van der Waals surface area contributed by atoms with Crippen LogP contribution < -0.4 is 10.9 Å². The molecule has 2 aromatic carbocycles. The van der Waals surface area contributed by atoms with Gasteiger partial charge in [-0.3, -0.25) is 9.59 Å². The standard InChI is InChI=1S/C21H24N4O2/c26-20(16-18-10-4-1-5-11-18)24-22-14-8-3-9-15-23-25-21(27)17-19-12-6-2-7-13-19/h1-2,4-7,10-15H,3,8-9,16-17H2,(H,24,26)(H,25,27). The lowest BCUT2D eigenvalue weighted by Gasteiger charge is -2.00. The van der Waals surface area contributed by atoms with Gasteiger partial charge in [0.15, 0.2) is 0 Å². The molecule has 0 fully saturated rings. The van der Waals surface area contributed by atoms with Crippen molar-refractivity contribution in [2.24, 2.45) is 10.2 Å². The number of hydrogen-bond donors (Lipinski definition) is 2. The lowest BCUT2D eigenvalue weighted by molar-refractivity contribution is -0.121. The molecular weight excluding hydrogens is 340 g/mol. The molecule has 6 heteroatoms. The SMILES string of the molecule is O=C(Cc1ccccc1)NN=CCCCC=NNC(=O)Cc1ccccc1. The smallest absolute Gasteiger partial charge is 0.244 e. The molecule has 140 valence electrons. The van der Waals surface area contributed by atoms with Gasteiger partial charge in [-0.1, -0.05) is 60.7 Å². The Bertz CT molecular complexity index is 693. The maximum atomic E-state index is 11.7. The van der Waals surface area contributed by atoms with E-state index in [9.17, 15) is 9.59 Å². The summed E-state index contributed by atoms with van der Waals surface area (Å²) in [6.07, 6.45) is 6.23. The fourth-order valence-electron chi connectivity index (χ4n) is 2.31. The fourth-order valence-corrected chi connectivity index (χ4v) is 2.31. The summed E-state index contributed by atoms with van der Waals surface area (Å²) in [6, 6.07) is 19.0. The van der Waals surface area contributed by atoms with Crippen LogP contribution in [0.25, 0.3) is 0 Å². The van der Waals surface area contributed by atoms with Crippen LogP contribution in [0.4, 0.5) is 0 Å². The first kappa shape index (κ1) is 20.0. The van der Waals surface area contributed by atoms with E-state index in [4.69, 9.17) is 0 Å². The van der Waals surface area contributed by atoms with Gasteiger partial charge in [-0.25, -0.2) is 10.9 Å². The molecule has 0 saturated heterocycles. The molecule has 0 atom stereocenters. The number of nitrogens with zero attached hydrogens (tertiary/aromatic N) is 2. The van der Waals surface area contributed by atoms with Crippen LogP contribution in [0.5, 0.6) is 0 Å². The highest BCUT2D eigenvalue weighted by Gasteiger charge is 2.01. The second-order valence-electron chi connectivity index (χ2n) is 5.95. The molecule has 2 aromatic rings. The van der Waals surface area contributed by atoms with Crippen molar-refractivity contribution in [2.75, 3.05) is 0 Å². The number of carbonyl (C=O) groups is 2. The molecule has 0 radical (unpaired) electrons. The van der Waals surface area contributed by atoms with Gasteiger partial charge in [-0.15, -0.1) is 0 Å². The highest BCUT2D eigenvalue weighted by atomic mass is 16.2. The zero-order valence-electron chi connectivity index (χ0n) is 15.2. The van der Waals surface area contributed by atoms with Gasteiger partial charge in [0.2, 0.25) is 11.8 Å². The highest BCUT2D eigenvalue weighted by molar-refractivity contribution is 5.79. The molecule has 2 rings (SSSR count). The van der Waals surface area contributed by atoms with Crippen molar-refractivity contribution in [3.8, 4) is 0 Å². The number of unbranched alkanes of at least 4 members (excludes halogenated alkanes) is 2. The van der Waals surface area contributed by atoms with Crippen LogP contribution in [-0.2, 0) is 22.4 Å². The average molecular weight is 364 g/mol. The van der Waals surface area contributed by atoms with E-state index < -0.39 is 0 Å². The first-order chi connectivity index (χ1) is 13.2. The second-order valence-corrected chi connectivity index (χ2v) is 5.95. The third-order valence-corrected chi connectivity index (χ3v) is 3.64. The van der Waals surface area contributed by atoms with Crippen LogP contribution in [0.2, 0.25) is 0 Å². The number of nitrogens with one attached hydrogen (secondary N) is 2. The summed E-state index contributed by atoms with van der Waals surface area (Å²) in [5.74, 6) is -0.278. The molecule has 27 heavy (non-hydrogen) atoms. The maximum Gasteiger partial charge on any atom is 0.244 e. The first-order valence-electron chi connectivity index (χ1n) is 8.92. The number of rotatable bonds is 10. The van der Waals surface area contributed by atoms with Gasteiger partial charge in [-0.2, -0.15) is 10.2 Å². The largest absolute Gasteiger partial charge is 0.273 e. The van der Waals surface area contributed by atoms with Crippen LogP contribution in [0.1, 0.15) is 30.4 Å². The summed E-state index contributed by atoms with van der Waals surface area (Å²) < 4.78 is 0. The number of benzene rings is 2. The van der Waals surface area contributed by atoms with Gasteiger partial charge in [0.05, 0.1) is 12.8 Å². The van der Waals surface area contributed by atoms with E-state index in [-0.39, 0.29) is 11.8 Å². The van der Waals surface area contributed by atoms with Crippen molar-refractivity contribution in [1.29, 1.82) is 0 Å². The van der Waals surface area contributed by atoms with Gasteiger partial charge in [0.1, 0.15) is 0 Å². The van der Waals surface area contributed by atoms with E-state index in [1.807, 2.05) is 60.7 Å². The zero-order valence-corrected chi connectivity index (χ0v) is 15.2. The van der Waals surface area contributed by atoms with Crippen molar-refractivity contribution in [1.82, 2.24) is 10.9 Å². The molecular formula is C21H24N4O2. The predicted molar refractivity (Wildman–Crippen MR) is 107 cm³/mol. The Hall–Kier alpha value is -3.28. The Morgan fingerprint density at radius 3 is 1.52 bits per heavy atom. The van der Waals surface area contributed by atoms with E-state index in [0.29, 0.717) is 12.8 Å². The molecule has 2 amide bonds. The summed E-state index contributed by atoms with van der Waals surface area (Å²) in [7, 11) is 0. The highest BCUT2D eigenvalue weighted by Crippen LogP contribution is 2.00. The molecule has 0 aliphatic carbocycles. The average Bonchev–Trinajstić information content (AvgIpc) is 2.68. The Kier molecular flexibility index (Phi) is 9.01. The maximum absolute atomic E-state index is 11.7. The van der Waals surface area contributed by atoms with Crippen molar-refractivity contribution in [3.05, 3.63) is 71.8 Å². The van der Waals surface area contributed by atoms with E-state index in [0.717, 1.165) is 30.4 Å². The fraction of sp³-hybridized carbons (Fsp3) is 0.238. The van der Waals surface area contributed by atoms with Crippen molar-refractivity contribution in [3.63, 3.8) is 0 Å². The van der Waals surface area contributed by atoms with Gasteiger partial charge >= 0.3 is 0 Å². The minimum Gasteiger partial charge on any atom is -0.273 e. The lowest BCUT2D eigenvalue weighted by atomic mass is 10.1. The van der Waals surface area contributed by atoms with Gasteiger partial charge in [-0.05, 0) is 30.4 Å². The number of hydrogen-bond acceptors (Lipinski definition) is 4. The minimum absolute atomic E-state index is 0.139. The number of hydrazone groups is 2. The van der Waals surface area contributed by atoms with E-state index in [1.54, 1.807) is 12.4 Å². The molecule has 0 heterocycles. The van der Waals surface area contributed by atoms with Crippen molar-refractivity contribution < 1.29 is 9.59 Å². The molecule has 2 N–H and O–H groups in total. The summed E-state index contributed by atoms with van der Waals surface area (Å²) in [5.41, 5.74) is 6.93. The Balaban J connectivity index is 1.51. The normalized spacial score (nSPS) is 11.0. The minimum atomic E-state index is -0.139. The van der Waals surface area contributed by atoms with Crippen LogP contribution >= 0.6 is 0 Å². The number of amides is 2. The molecule has 0 bridgehead atoms. The van der Waals surface area contributed by atoms with E-state index >= 15 is 0 Å². The summed E-state index contributed by atoms with van der Waals surface area (Å²) >= 11 is 0. The Labute approximate surface area is 159 Å². The van der Waals surface area contributed by atoms with Crippen LogP contribution in [0.15, 0.2) is 70.9 Å². The third kappa shape index (κ3) is 9.11. The molecule has 0 aliphatic heterocycles. The third-order valence-electron chi connectivity index (χ3n) is 3.64. The summed E-state index contributed by atoms with van der Waals surface area (Å²) in [5, 5.41) is 7.84. The van der Waals surface area contributed by atoms with Gasteiger partial charge < -0.3 is 0 Å². The van der Waals surface area contributed by atoms with Gasteiger partial charge in [0.25, 0.3) is 0 Å². The van der Waals surface area contributed by atoms with E-state index in [1.165, 1.54) is 0 Å². The monoisotopic (exact) mass is 364 g/mol. The lowest BCUT2D eigenvalue weighted by Crippen LogP contribution is -2.19. The topological polar surface area (TPSA) is 82.9 Å². The Morgan fingerprint density at radius 1 is 0.704 bits per heavy atom. The molecule has 0 unspecified atom stereocenters. The van der Waals surface area contributed by atoms with E-state index in [2.05, 4.69) is 21.1 Å². The second kappa shape index (κ2) is 12.1. The molecule has 0 aliphatic rings. The van der Waals surface area contributed by atoms with Crippen molar-refractivity contribution >= 4 is 24.2 Å². The van der Waals surface area contributed by atoms with Crippen molar-refractivity contribution in [2.45, 2.75) is 32.1 Å². The zero-order chi connectivity index (χ0) is 19.2. The Morgan fingerprint density at radius 2 is 1.11 bits per heavy atom.